The first kappa shape index (κ1) is 11.6. The molecule has 2 unspecified atom stereocenters. The Bertz CT molecular complexity index is 319. The van der Waals surface area contributed by atoms with Crippen molar-refractivity contribution in [3.8, 4) is 0 Å². The third kappa shape index (κ3) is 2.53. The van der Waals surface area contributed by atoms with Crippen molar-refractivity contribution in [3.05, 3.63) is 34.1 Å². The van der Waals surface area contributed by atoms with Gasteiger partial charge in [0.1, 0.15) is 5.82 Å². The lowest BCUT2D eigenvalue weighted by atomic mass is 10.0. The molecule has 0 heterocycles. The predicted molar refractivity (Wildman–Crippen MR) is 57.3 cm³/mol. The van der Waals surface area contributed by atoms with Crippen LogP contribution in [0, 0.1) is 5.82 Å². The van der Waals surface area contributed by atoms with Gasteiger partial charge in [-0.2, -0.15) is 0 Å². The van der Waals surface area contributed by atoms with Crippen molar-refractivity contribution in [2.45, 2.75) is 25.5 Å². The van der Waals surface area contributed by atoms with Crippen molar-refractivity contribution in [2.75, 3.05) is 0 Å². The van der Waals surface area contributed by atoms with Gasteiger partial charge in [0.05, 0.1) is 10.6 Å². The number of rotatable bonds is 3. The van der Waals surface area contributed by atoms with Crippen LogP contribution >= 0.6 is 15.9 Å². The van der Waals surface area contributed by atoms with E-state index in [1.165, 1.54) is 6.07 Å². The van der Waals surface area contributed by atoms with Gasteiger partial charge in [-0.05, 0) is 40.0 Å². The Morgan fingerprint density at radius 1 is 1.57 bits per heavy atom. The average Bonchev–Trinajstić information content (AvgIpc) is 2.20. The van der Waals surface area contributed by atoms with E-state index in [4.69, 9.17) is 5.73 Å². The van der Waals surface area contributed by atoms with E-state index in [0.29, 0.717) is 16.5 Å². The monoisotopic (exact) mass is 261 g/mol. The fourth-order valence-corrected chi connectivity index (χ4v) is 1.41. The maximum absolute atomic E-state index is 13.1. The van der Waals surface area contributed by atoms with Crippen LogP contribution in [0.25, 0.3) is 0 Å². The van der Waals surface area contributed by atoms with E-state index in [0.717, 1.165) is 0 Å². The molecule has 2 nitrogen and oxygen atoms in total. The third-order valence-corrected chi connectivity index (χ3v) is 2.81. The minimum Gasteiger partial charge on any atom is -0.387 e. The highest BCUT2D eigenvalue weighted by molar-refractivity contribution is 9.10. The molecule has 0 radical (unpaired) electrons. The van der Waals surface area contributed by atoms with Crippen LogP contribution < -0.4 is 5.73 Å². The van der Waals surface area contributed by atoms with Gasteiger partial charge in [-0.3, -0.25) is 0 Å². The Hall–Kier alpha value is -0.450. The number of aliphatic hydroxyl groups excluding tert-OH is 1. The molecular weight excluding hydrogens is 249 g/mol. The van der Waals surface area contributed by atoms with Gasteiger partial charge < -0.3 is 10.8 Å². The summed E-state index contributed by atoms with van der Waals surface area (Å²) >= 11 is 3.04. The van der Waals surface area contributed by atoms with Crippen LogP contribution in [-0.4, -0.2) is 11.1 Å². The maximum atomic E-state index is 13.1. The molecule has 0 bridgehead atoms. The lowest BCUT2D eigenvalue weighted by Gasteiger charge is -2.17. The molecule has 1 aromatic rings. The molecule has 1 aromatic carbocycles. The SMILES string of the molecule is CCC(N)C(O)c1ccc(Br)c(F)c1. The van der Waals surface area contributed by atoms with Crippen molar-refractivity contribution in [3.63, 3.8) is 0 Å². The molecule has 0 aliphatic heterocycles. The zero-order chi connectivity index (χ0) is 10.7. The van der Waals surface area contributed by atoms with E-state index in [9.17, 15) is 9.50 Å². The van der Waals surface area contributed by atoms with Gasteiger partial charge in [0.15, 0.2) is 0 Å². The van der Waals surface area contributed by atoms with Crippen LogP contribution in [0.4, 0.5) is 4.39 Å². The minimum absolute atomic E-state index is 0.351. The highest BCUT2D eigenvalue weighted by atomic mass is 79.9. The molecule has 0 saturated heterocycles. The molecule has 1 rings (SSSR count). The highest BCUT2D eigenvalue weighted by Gasteiger charge is 2.16. The summed E-state index contributed by atoms with van der Waals surface area (Å²) in [5.41, 5.74) is 6.17. The maximum Gasteiger partial charge on any atom is 0.137 e. The number of aliphatic hydroxyl groups is 1. The largest absolute Gasteiger partial charge is 0.387 e. The van der Waals surface area contributed by atoms with Crippen molar-refractivity contribution < 1.29 is 9.50 Å². The minimum atomic E-state index is -0.803. The highest BCUT2D eigenvalue weighted by Crippen LogP contribution is 2.22. The van der Waals surface area contributed by atoms with E-state index < -0.39 is 6.10 Å². The van der Waals surface area contributed by atoms with Crippen LogP contribution in [0.15, 0.2) is 22.7 Å². The van der Waals surface area contributed by atoms with E-state index in [1.807, 2.05) is 6.92 Å². The van der Waals surface area contributed by atoms with Gasteiger partial charge in [-0.15, -0.1) is 0 Å². The molecule has 4 heteroatoms. The number of halogens is 2. The molecule has 3 N–H and O–H groups in total. The number of benzene rings is 1. The first-order chi connectivity index (χ1) is 6.56. The van der Waals surface area contributed by atoms with Crippen LogP contribution in [0.5, 0.6) is 0 Å². The summed E-state index contributed by atoms with van der Waals surface area (Å²) in [5.74, 6) is -0.384. The fraction of sp³-hybridized carbons (Fsp3) is 0.400. The Balaban J connectivity index is 2.91. The molecule has 2 atom stereocenters. The Morgan fingerprint density at radius 2 is 2.21 bits per heavy atom. The molecule has 0 aliphatic carbocycles. The standard InChI is InChI=1S/C10H13BrFNO/c1-2-9(13)10(14)6-3-4-7(11)8(12)5-6/h3-5,9-10,14H,2,13H2,1H3. The molecule has 78 valence electrons. The molecule has 14 heavy (non-hydrogen) atoms. The van der Waals surface area contributed by atoms with Crippen molar-refractivity contribution in [1.82, 2.24) is 0 Å². The Morgan fingerprint density at radius 3 is 2.71 bits per heavy atom. The van der Waals surface area contributed by atoms with Crippen molar-refractivity contribution in [2.24, 2.45) is 5.73 Å². The van der Waals surface area contributed by atoms with Crippen molar-refractivity contribution in [1.29, 1.82) is 0 Å². The second-order valence-electron chi connectivity index (χ2n) is 3.19. The second kappa shape index (κ2) is 4.87. The zero-order valence-corrected chi connectivity index (χ0v) is 9.46. The molecule has 0 aliphatic rings. The summed E-state index contributed by atoms with van der Waals surface area (Å²) in [7, 11) is 0. The summed E-state index contributed by atoms with van der Waals surface area (Å²) < 4.78 is 13.5. The predicted octanol–water partition coefficient (Wildman–Crippen LogP) is 2.36. The summed E-state index contributed by atoms with van der Waals surface area (Å²) in [6, 6.07) is 4.17. The quantitative estimate of drug-likeness (QED) is 0.878. The van der Waals surface area contributed by atoms with Crippen LogP contribution in [0.3, 0.4) is 0 Å². The summed E-state index contributed by atoms with van der Waals surface area (Å²) in [4.78, 5) is 0. The van der Waals surface area contributed by atoms with Crippen LogP contribution in [0.1, 0.15) is 25.0 Å². The van der Waals surface area contributed by atoms with E-state index >= 15 is 0 Å². The summed E-state index contributed by atoms with van der Waals surface area (Å²) in [6.45, 7) is 1.88. The van der Waals surface area contributed by atoms with E-state index in [1.54, 1.807) is 12.1 Å². The van der Waals surface area contributed by atoms with Gasteiger partial charge in [-0.25, -0.2) is 4.39 Å². The zero-order valence-electron chi connectivity index (χ0n) is 7.87. The van der Waals surface area contributed by atoms with E-state index in [2.05, 4.69) is 15.9 Å². The number of hydrogen-bond donors (Lipinski definition) is 2. The van der Waals surface area contributed by atoms with Gasteiger partial charge in [0.2, 0.25) is 0 Å². The van der Waals surface area contributed by atoms with Gasteiger partial charge in [0.25, 0.3) is 0 Å². The van der Waals surface area contributed by atoms with Crippen LogP contribution in [0.2, 0.25) is 0 Å². The lowest BCUT2D eigenvalue weighted by molar-refractivity contribution is 0.144. The first-order valence-electron chi connectivity index (χ1n) is 4.44. The third-order valence-electron chi connectivity index (χ3n) is 2.16. The normalized spacial score (nSPS) is 15.2. The Labute approximate surface area is 91.1 Å². The molecule has 0 fully saturated rings. The van der Waals surface area contributed by atoms with Gasteiger partial charge in [0, 0.05) is 6.04 Å². The smallest absolute Gasteiger partial charge is 0.137 e. The molecule has 0 aromatic heterocycles. The Kier molecular flexibility index (Phi) is 4.04. The van der Waals surface area contributed by atoms with Crippen LogP contribution in [-0.2, 0) is 0 Å². The summed E-state index contributed by atoms with van der Waals surface area (Å²) in [5, 5.41) is 9.70. The molecule has 0 spiro atoms. The topological polar surface area (TPSA) is 46.2 Å². The lowest BCUT2D eigenvalue weighted by Crippen LogP contribution is -2.27. The number of hydrogen-bond acceptors (Lipinski definition) is 2. The molecular formula is C10H13BrFNO. The fourth-order valence-electron chi connectivity index (χ4n) is 1.17. The van der Waals surface area contributed by atoms with Gasteiger partial charge in [-0.1, -0.05) is 13.0 Å². The molecule has 0 amide bonds. The average molecular weight is 262 g/mol. The molecule has 0 saturated carbocycles. The second-order valence-corrected chi connectivity index (χ2v) is 4.04. The first-order valence-corrected chi connectivity index (χ1v) is 5.24. The number of nitrogens with two attached hydrogens (primary N) is 1. The summed E-state index contributed by atoms with van der Waals surface area (Å²) in [6.07, 6.45) is -0.152. The van der Waals surface area contributed by atoms with E-state index in [-0.39, 0.29) is 11.9 Å². The van der Waals surface area contributed by atoms with Crippen molar-refractivity contribution >= 4 is 15.9 Å². The van der Waals surface area contributed by atoms with Gasteiger partial charge >= 0.3 is 0 Å².